The van der Waals surface area contributed by atoms with Crippen molar-refractivity contribution in [1.29, 1.82) is 0 Å². The highest BCUT2D eigenvalue weighted by molar-refractivity contribution is 5.80. The van der Waals surface area contributed by atoms with Crippen molar-refractivity contribution in [3.05, 3.63) is 78.7 Å². The van der Waals surface area contributed by atoms with Crippen molar-refractivity contribution in [2.75, 3.05) is 0 Å². The van der Waals surface area contributed by atoms with Gasteiger partial charge in [-0.2, -0.15) is 0 Å². The van der Waals surface area contributed by atoms with E-state index in [2.05, 4.69) is 99.9 Å². The summed E-state index contributed by atoms with van der Waals surface area (Å²) in [7, 11) is 0. The molecular formula is C29H38N4+2. The van der Waals surface area contributed by atoms with E-state index in [9.17, 15) is 0 Å². The Balaban J connectivity index is 1.71. The predicted octanol–water partition coefficient (Wildman–Crippen LogP) is 3.36. The molecule has 0 aromatic carbocycles. The lowest BCUT2D eigenvalue weighted by Crippen LogP contribution is -2.64. The summed E-state index contributed by atoms with van der Waals surface area (Å²) in [6, 6.07) is 0. The van der Waals surface area contributed by atoms with Gasteiger partial charge in [0, 0.05) is 63.6 Å². The Kier molecular flexibility index (Phi) is 6.29. The SMILES string of the molecule is CCc1c(Cc2[nH]c(C=C3[NH+]=CC(C)=C3C)c(C)c2CC)[nH]c(C=C2[NH+]=CC(C)=C2C)c1C. The Morgan fingerprint density at radius 1 is 0.667 bits per heavy atom. The second kappa shape index (κ2) is 9.01. The topological polar surface area (TPSA) is 59.5 Å². The lowest BCUT2D eigenvalue weighted by Gasteiger charge is -2.05. The third-order valence-corrected chi connectivity index (χ3v) is 7.53. The van der Waals surface area contributed by atoms with Crippen molar-refractivity contribution in [1.82, 2.24) is 9.97 Å². The van der Waals surface area contributed by atoms with Gasteiger partial charge in [-0.3, -0.25) is 0 Å². The first-order valence-electron chi connectivity index (χ1n) is 12.1. The average molecular weight is 443 g/mol. The molecule has 0 radical (unpaired) electrons. The molecule has 0 saturated heterocycles. The molecule has 172 valence electrons. The van der Waals surface area contributed by atoms with Gasteiger partial charge in [0.2, 0.25) is 11.4 Å². The van der Waals surface area contributed by atoms with E-state index in [0.717, 1.165) is 19.3 Å². The Hall–Kier alpha value is -3.14. The quantitative estimate of drug-likeness (QED) is 0.530. The van der Waals surface area contributed by atoms with Crippen LogP contribution in [-0.4, -0.2) is 22.4 Å². The highest BCUT2D eigenvalue weighted by Gasteiger charge is 2.21. The molecule has 2 aromatic rings. The summed E-state index contributed by atoms with van der Waals surface area (Å²) < 4.78 is 0. The average Bonchev–Trinajstić information content (AvgIpc) is 3.47. The number of hydrogen-bond acceptors (Lipinski definition) is 0. The van der Waals surface area contributed by atoms with Gasteiger partial charge in [0.1, 0.15) is 0 Å². The molecule has 0 spiro atoms. The number of H-pyrrole nitrogens is 2. The number of allylic oxidation sites excluding steroid dienone is 4. The first-order chi connectivity index (χ1) is 15.7. The summed E-state index contributed by atoms with van der Waals surface area (Å²) in [4.78, 5) is 14.4. The molecule has 0 amide bonds. The van der Waals surface area contributed by atoms with Gasteiger partial charge in [-0.15, -0.1) is 0 Å². The molecule has 0 bridgehead atoms. The second-order valence-corrected chi connectivity index (χ2v) is 9.43. The minimum Gasteiger partial charge on any atom is -0.358 e. The molecule has 4 nitrogen and oxygen atoms in total. The van der Waals surface area contributed by atoms with Crippen LogP contribution in [0.4, 0.5) is 0 Å². The maximum absolute atomic E-state index is 3.76. The van der Waals surface area contributed by atoms with Gasteiger partial charge in [-0.25, -0.2) is 9.98 Å². The number of aromatic amines is 2. The van der Waals surface area contributed by atoms with E-state index in [0.29, 0.717) is 0 Å². The third kappa shape index (κ3) is 4.15. The molecule has 4 rings (SSSR count). The van der Waals surface area contributed by atoms with Crippen LogP contribution in [0.15, 0.2) is 33.7 Å². The van der Waals surface area contributed by atoms with E-state index in [-0.39, 0.29) is 0 Å². The standard InChI is InChI=1S/C29H36N4/c1-9-22-20(7)26(11-24-18(5)16(3)14-30-24)32-28(22)13-29-23(10-2)21(8)27(33-29)12-25-19(6)17(4)15-31-25/h11-12,14-15,32-33H,9-10,13H2,1-8H3/p+2. The summed E-state index contributed by atoms with van der Waals surface area (Å²) in [6.45, 7) is 17.7. The van der Waals surface area contributed by atoms with Gasteiger partial charge in [-0.05, 0) is 76.6 Å². The number of rotatable bonds is 6. The highest BCUT2D eigenvalue weighted by Crippen LogP contribution is 2.28. The van der Waals surface area contributed by atoms with Gasteiger partial charge in [0.05, 0.1) is 0 Å². The zero-order chi connectivity index (χ0) is 23.9. The Labute approximate surface area is 198 Å². The summed E-state index contributed by atoms with van der Waals surface area (Å²) in [5.74, 6) is 0. The molecule has 2 aliphatic rings. The van der Waals surface area contributed by atoms with Crippen LogP contribution in [0.3, 0.4) is 0 Å². The largest absolute Gasteiger partial charge is 0.358 e. The van der Waals surface area contributed by atoms with Crippen LogP contribution in [-0.2, 0) is 19.3 Å². The zero-order valence-electron chi connectivity index (χ0n) is 21.4. The van der Waals surface area contributed by atoms with Gasteiger partial charge in [0.25, 0.3) is 0 Å². The lowest BCUT2D eigenvalue weighted by atomic mass is 10.0. The molecule has 0 aliphatic carbocycles. The van der Waals surface area contributed by atoms with Crippen molar-refractivity contribution in [3.8, 4) is 0 Å². The fraction of sp³-hybridized carbons (Fsp3) is 0.379. The molecule has 2 aliphatic heterocycles. The Bertz CT molecular complexity index is 1200. The first-order valence-corrected chi connectivity index (χ1v) is 12.1. The van der Waals surface area contributed by atoms with Crippen LogP contribution in [0.25, 0.3) is 12.2 Å². The highest BCUT2D eigenvalue weighted by atomic mass is 14.8. The summed E-state index contributed by atoms with van der Waals surface area (Å²) in [5, 5.41) is 0. The minimum atomic E-state index is 0.890. The molecule has 0 saturated carbocycles. The van der Waals surface area contributed by atoms with E-state index in [1.165, 1.54) is 78.7 Å². The molecule has 4 N–H and O–H groups in total. The number of aromatic nitrogens is 2. The fourth-order valence-electron chi connectivity index (χ4n) is 4.98. The molecule has 0 unspecified atom stereocenters. The summed E-state index contributed by atoms with van der Waals surface area (Å²) in [5.41, 5.74) is 18.2. The number of nitrogens with one attached hydrogen (secondary N) is 4. The van der Waals surface area contributed by atoms with Crippen molar-refractivity contribution in [2.24, 2.45) is 0 Å². The smallest absolute Gasteiger partial charge is 0.209 e. The van der Waals surface area contributed by atoms with Crippen molar-refractivity contribution in [2.45, 2.75) is 74.7 Å². The van der Waals surface area contributed by atoms with E-state index >= 15 is 0 Å². The molecule has 4 heterocycles. The normalized spacial score (nSPS) is 18.3. The third-order valence-electron chi connectivity index (χ3n) is 7.53. The Morgan fingerprint density at radius 2 is 1.06 bits per heavy atom. The molecule has 2 aromatic heterocycles. The second-order valence-electron chi connectivity index (χ2n) is 9.43. The van der Waals surface area contributed by atoms with Crippen LogP contribution in [0, 0.1) is 13.8 Å². The van der Waals surface area contributed by atoms with Crippen molar-refractivity contribution in [3.63, 3.8) is 0 Å². The van der Waals surface area contributed by atoms with Gasteiger partial charge >= 0.3 is 0 Å². The fourth-order valence-corrected chi connectivity index (χ4v) is 4.98. The minimum absolute atomic E-state index is 0.890. The van der Waals surface area contributed by atoms with Crippen LogP contribution < -0.4 is 9.98 Å². The van der Waals surface area contributed by atoms with Crippen LogP contribution in [0.2, 0.25) is 0 Å². The summed E-state index contributed by atoms with van der Waals surface area (Å²) in [6.07, 6.45) is 11.6. The van der Waals surface area contributed by atoms with Gasteiger partial charge in [-0.1, -0.05) is 13.8 Å². The monoisotopic (exact) mass is 442 g/mol. The molecular weight excluding hydrogens is 404 g/mol. The van der Waals surface area contributed by atoms with E-state index in [1.54, 1.807) is 0 Å². The Morgan fingerprint density at radius 3 is 1.36 bits per heavy atom. The number of hydrogen-bond donors (Lipinski definition) is 4. The predicted molar refractivity (Wildman–Crippen MR) is 139 cm³/mol. The van der Waals surface area contributed by atoms with E-state index in [1.807, 2.05) is 0 Å². The van der Waals surface area contributed by atoms with Gasteiger partial charge in [0.15, 0.2) is 12.4 Å². The zero-order valence-corrected chi connectivity index (χ0v) is 21.4. The maximum atomic E-state index is 3.76. The maximum Gasteiger partial charge on any atom is 0.209 e. The molecule has 33 heavy (non-hydrogen) atoms. The van der Waals surface area contributed by atoms with Crippen molar-refractivity contribution < 1.29 is 9.98 Å². The van der Waals surface area contributed by atoms with Crippen LogP contribution in [0.1, 0.15) is 86.6 Å². The molecule has 0 fully saturated rings. The van der Waals surface area contributed by atoms with E-state index < -0.39 is 0 Å². The lowest BCUT2D eigenvalue weighted by molar-refractivity contribution is -0.381. The molecule has 0 atom stereocenters. The van der Waals surface area contributed by atoms with Crippen LogP contribution >= 0.6 is 0 Å². The first kappa shape index (κ1) is 23.0. The molecule has 4 heteroatoms. The summed E-state index contributed by atoms with van der Waals surface area (Å²) >= 11 is 0. The van der Waals surface area contributed by atoms with Gasteiger partial charge < -0.3 is 9.97 Å². The van der Waals surface area contributed by atoms with Crippen LogP contribution in [0.5, 0.6) is 0 Å². The van der Waals surface area contributed by atoms with Crippen molar-refractivity contribution >= 4 is 24.6 Å². The van der Waals surface area contributed by atoms with E-state index in [4.69, 9.17) is 0 Å².